The quantitative estimate of drug-likeness (QED) is 0.0268. The normalized spacial score (nSPS) is 13.8. The predicted octanol–water partition coefficient (Wildman–Crippen LogP) is 11.5. The molecule has 0 aromatic carbocycles. The molecule has 0 N–H and O–H groups in total. The Hall–Kier alpha value is -0.500. The van der Waals surface area contributed by atoms with Crippen molar-refractivity contribution < 1.29 is 37.3 Å². The fourth-order valence-corrected chi connectivity index (χ4v) is 6.81. The summed E-state index contributed by atoms with van der Waals surface area (Å²) in [5, 5.41) is 0. The van der Waals surface area contributed by atoms with Gasteiger partial charge in [-0.2, -0.15) is 0 Å². The molecule has 0 aromatic heterocycles. The average Bonchev–Trinajstić information content (AvgIpc) is 3.06. The second-order valence-corrected chi connectivity index (χ2v) is 17.1. The average molecular weight is 734 g/mol. The van der Waals surface area contributed by atoms with Crippen LogP contribution < -0.4 is 4.89 Å². The van der Waals surface area contributed by atoms with E-state index in [1.165, 1.54) is 148 Å². The van der Waals surface area contributed by atoms with Crippen molar-refractivity contribution in [2.45, 2.75) is 206 Å². The number of hydrogen-bond donors (Lipinski definition) is 0. The Balaban J connectivity index is 4.18. The van der Waals surface area contributed by atoms with E-state index in [0.29, 0.717) is 24.1 Å². The van der Waals surface area contributed by atoms with Gasteiger partial charge in [0.05, 0.1) is 34.4 Å². The number of carbonyl (C=O) groups is 1. The van der Waals surface area contributed by atoms with Gasteiger partial charge in [0, 0.05) is 13.0 Å². The zero-order chi connectivity index (χ0) is 37.0. The van der Waals surface area contributed by atoms with Gasteiger partial charge in [-0.25, -0.2) is 0 Å². The lowest BCUT2D eigenvalue weighted by Gasteiger charge is -2.28. The minimum Gasteiger partial charge on any atom is -0.756 e. The molecular formula is C41H84NO7P. The molecule has 0 aromatic rings. The van der Waals surface area contributed by atoms with Crippen LogP contribution in [0.5, 0.6) is 0 Å². The van der Waals surface area contributed by atoms with Gasteiger partial charge in [-0.3, -0.25) is 9.36 Å². The predicted molar refractivity (Wildman–Crippen MR) is 208 cm³/mol. The second kappa shape index (κ2) is 35.5. The number of likely N-dealkylation sites (N-methyl/N-ethyl adjacent to an activating group) is 1. The number of hydrogen-bond acceptors (Lipinski definition) is 7. The Labute approximate surface area is 310 Å². The van der Waals surface area contributed by atoms with Crippen LogP contribution in [0, 0.1) is 0 Å². The van der Waals surface area contributed by atoms with Crippen LogP contribution in [0.1, 0.15) is 200 Å². The molecule has 0 heterocycles. The van der Waals surface area contributed by atoms with Gasteiger partial charge in [0.2, 0.25) is 0 Å². The maximum atomic E-state index is 12.6. The Kier molecular flexibility index (Phi) is 35.2. The summed E-state index contributed by atoms with van der Waals surface area (Å²) in [5.74, 6) is -0.329. The summed E-state index contributed by atoms with van der Waals surface area (Å²) in [4.78, 5) is 25.0. The third-order valence-corrected chi connectivity index (χ3v) is 10.4. The second-order valence-electron chi connectivity index (χ2n) is 15.7. The highest BCUT2D eigenvalue weighted by Gasteiger charge is 2.20. The molecule has 0 amide bonds. The van der Waals surface area contributed by atoms with Crippen molar-refractivity contribution in [1.29, 1.82) is 0 Å². The third kappa shape index (κ3) is 38.7. The van der Waals surface area contributed by atoms with Gasteiger partial charge < -0.3 is 27.9 Å². The Morgan fingerprint density at radius 2 is 0.920 bits per heavy atom. The summed E-state index contributed by atoms with van der Waals surface area (Å²) in [5.41, 5.74) is 0. The number of esters is 1. The van der Waals surface area contributed by atoms with Crippen LogP contribution in [0.25, 0.3) is 0 Å². The molecule has 8 nitrogen and oxygen atoms in total. The fraction of sp³-hybridized carbons (Fsp3) is 0.976. The first-order chi connectivity index (χ1) is 24.1. The number of carbonyl (C=O) groups excluding carboxylic acids is 1. The number of nitrogens with zero attached hydrogens (tertiary/aromatic N) is 1. The lowest BCUT2D eigenvalue weighted by atomic mass is 10.0. The number of ether oxygens (including phenoxy) is 2. The minimum absolute atomic E-state index is 0.0311. The van der Waals surface area contributed by atoms with E-state index < -0.39 is 13.9 Å². The fourth-order valence-electron chi connectivity index (χ4n) is 6.08. The Morgan fingerprint density at radius 1 is 0.540 bits per heavy atom. The van der Waals surface area contributed by atoms with Crippen molar-refractivity contribution in [2.75, 3.05) is 54.1 Å². The van der Waals surface area contributed by atoms with Gasteiger partial charge in [0.1, 0.15) is 19.3 Å². The molecule has 0 bridgehead atoms. The molecule has 0 saturated carbocycles. The van der Waals surface area contributed by atoms with E-state index in [9.17, 15) is 14.3 Å². The van der Waals surface area contributed by atoms with Gasteiger partial charge in [-0.15, -0.1) is 0 Å². The van der Waals surface area contributed by atoms with E-state index in [0.717, 1.165) is 32.1 Å². The van der Waals surface area contributed by atoms with Crippen molar-refractivity contribution in [2.24, 2.45) is 0 Å². The van der Waals surface area contributed by atoms with Crippen molar-refractivity contribution in [3.63, 3.8) is 0 Å². The molecule has 0 spiro atoms. The summed E-state index contributed by atoms with van der Waals surface area (Å²) < 4.78 is 34.5. The smallest absolute Gasteiger partial charge is 0.306 e. The van der Waals surface area contributed by atoms with Gasteiger partial charge >= 0.3 is 5.97 Å². The highest BCUT2D eigenvalue weighted by molar-refractivity contribution is 7.45. The first kappa shape index (κ1) is 49.5. The molecule has 9 heteroatoms. The molecule has 0 radical (unpaired) electrons. The van der Waals surface area contributed by atoms with Gasteiger partial charge in [-0.1, -0.05) is 181 Å². The lowest BCUT2D eigenvalue weighted by Crippen LogP contribution is -2.37. The lowest BCUT2D eigenvalue weighted by molar-refractivity contribution is -0.870. The molecule has 0 aliphatic rings. The van der Waals surface area contributed by atoms with Crippen LogP contribution in [0.3, 0.4) is 0 Å². The summed E-state index contributed by atoms with van der Waals surface area (Å²) in [7, 11) is 1.37. The van der Waals surface area contributed by atoms with Crippen molar-refractivity contribution in [1.82, 2.24) is 0 Å². The summed E-state index contributed by atoms with van der Waals surface area (Å²) in [6, 6.07) is 0. The van der Waals surface area contributed by atoms with Crippen LogP contribution in [0.2, 0.25) is 0 Å². The van der Waals surface area contributed by atoms with Crippen molar-refractivity contribution in [3.05, 3.63) is 0 Å². The van der Waals surface area contributed by atoms with E-state index >= 15 is 0 Å². The standard InChI is InChI=1S/C41H84NO7P/c1-6-8-10-12-14-16-18-19-20-21-22-23-24-26-28-30-32-34-41(43)49-40(39-48-50(44,45)47-37-35-42(3,4)5)38-46-36-33-31-29-27-25-17-15-13-11-9-7-2/h40H,6-39H2,1-5H3. The van der Waals surface area contributed by atoms with Crippen LogP contribution in [-0.2, 0) is 27.9 Å². The van der Waals surface area contributed by atoms with Crippen LogP contribution >= 0.6 is 7.82 Å². The summed E-state index contributed by atoms with van der Waals surface area (Å²) in [6.45, 7) is 5.45. The zero-order valence-corrected chi connectivity index (χ0v) is 34.8. The number of phosphoric acid groups is 1. The largest absolute Gasteiger partial charge is 0.756 e. The maximum Gasteiger partial charge on any atom is 0.306 e. The van der Waals surface area contributed by atoms with Crippen molar-refractivity contribution in [3.8, 4) is 0 Å². The molecule has 0 saturated heterocycles. The van der Waals surface area contributed by atoms with Gasteiger partial charge in [-0.05, 0) is 12.8 Å². The molecule has 0 fully saturated rings. The molecule has 50 heavy (non-hydrogen) atoms. The zero-order valence-electron chi connectivity index (χ0n) is 33.9. The Bertz CT molecular complexity index is 777. The Morgan fingerprint density at radius 3 is 1.32 bits per heavy atom. The van der Waals surface area contributed by atoms with E-state index in [1.807, 2.05) is 21.1 Å². The van der Waals surface area contributed by atoms with Crippen LogP contribution in [0.4, 0.5) is 0 Å². The summed E-state index contributed by atoms with van der Waals surface area (Å²) in [6.07, 6.45) is 35.3. The maximum absolute atomic E-state index is 12.6. The highest BCUT2D eigenvalue weighted by Crippen LogP contribution is 2.38. The molecule has 0 rings (SSSR count). The third-order valence-electron chi connectivity index (χ3n) is 9.41. The van der Waals surface area contributed by atoms with Gasteiger partial charge in [0.25, 0.3) is 7.82 Å². The first-order valence-electron chi connectivity index (χ1n) is 21.3. The van der Waals surface area contributed by atoms with E-state index in [2.05, 4.69) is 13.8 Å². The molecule has 0 aliphatic carbocycles. The number of phosphoric ester groups is 1. The number of quaternary nitrogens is 1. The van der Waals surface area contributed by atoms with Gasteiger partial charge in [0.15, 0.2) is 0 Å². The van der Waals surface area contributed by atoms with Crippen molar-refractivity contribution >= 4 is 13.8 Å². The summed E-state index contributed by atoms with van der Waals surface area (Å²) >= 11 is 0. The molecule has 2 unspecified atom stereocenters. The van der Waals surface area contributed by atoms with E-state index in [-0.39, 0.29) is 25.8 Å². The molecule has 2 atom stereocenters. The van der Waals surface area contributed by atoms with Crippen LogP contribution in [-0.4, -0.2) is 70.7 Å². The minimum atomic E-state index is -4.51. The number of rotatable bonds is 40. The highest BCUT2D eigenvalue weighted by atomic mass is 31.2. The topological polar surface area (TPSA) is 94.1 Å². The molecule has 300 valence electrons. The molecule has 0 aliphatic heterocycles. The number of unbranched alkanes of at least 4 members (excludes halogenated alkanes) is 26. The molecular weight excluding hydrogens is 649 g/mol. The van der Waals surface area contributed by atoms with E-state index in [4.69, 9.17) is 18.5 Å². The van der Waals surface area contributed by atoms with E-state index in [1.54, 1.807) is 0 Å². The first-order valence-corrected chi connectivity index (χ1v) is 22.7. The van der Waals surface area contributed by atoms with Crippen LogP contribution in [0.15, 0.2) is 0 Å². The SMILES string of the molecule is CCCCCCCCCCCCCCCCCCCC(=O)OC(COCCCCCCCCCCCCC)COP(=O)([O-])OCC[N+](C)(C)C. The monoisotopic (exact) mass is 734 g/mol.